The number of carbonyl (C=O) groups is 1. The van der Waals surface area contributed by atoms with E-state index in [1.54, 1.807) is 11.1 Å². The fourth-order valence-electron chi connectivity index (χ4n) is 1.93. The highest BCUT2D eigenvalue weighted by molar-refractivity contribution is 5.89. The first-order valence-corrected chi connectivity index (χ1v) is 6.37. The summed E-state index contributed by atoms with van der Waals surface area (Å²) in [5.41, 5.74) is 0.703. The third-order valence-electron chi connectivity index (χ3n) is 2.99. The largest absolute Gasteiger partial charge is 0.375 e. The second-order valence-corrected chi connectivity index (χ2v) is 4.86. The van der Waals surface area contributed by atoms with E-state index in [4.69, 9.17) is 4.74 Å². The monoisotopic (exact) mass is 264 g/mol. The van der Waals surface area contributed by atoms with Crippen LogP contribution in [0.3, 0.4) is 0 Å². The van der Waals surface area contributed by atoms with Crippen LogP contribution in [0.5, 0.6) is 0 Å². The molecule has 19 heavy (non-hydrogen) atoms. The number of anilines is 2. The lowest BCUT2D eigenvalue weighted by Gasteiger charge is -2.31. The highest BCUT2D eigenvalue weighted by atomic mass is 16.5. The van der Waals surface area contributed by atoms with Crippen LogP contribution in [0.25, 0.3) is 0 Å². The molecule has 104 valence electrons. The lowest BCUT2D eigenvalue weighted by Crippen LogP contribution is -2.46. The van der Waals surface area contributed by atoms with Crippen molar-refractivity contribution < 1.29 is 9.53 Å². The van der Waals surface area contributed by atoms with Gasteiger partial charge < -0.3 is 19.9 Å². The van der Waals surface area contributed by atoms with Gasteiger partial charge >= 0.3 is 6.03 Å². The number of nitrogens with zero attached hydrogens (tertiary/aromatic N) is 3. The van der Waals surface area contributed by atoms with Gasteiger partial charge in [0.2, 0.25) is 0 Å². The summed E-state index contributed by atoms with van der Waals surface area (Å²) in [6, 6.07) is 3.62. The molecule has 0 saturated carbocycles. The van der Waals surface area contributed by atoms with Crippen LogP contribution in [-0.2, 0) is 4.74 Å². The van der Waals surface area contributed by atoms with Crippen LogP contribution in [-0.4, -0.2) is 55.8 Å². The molecule has 0 spiro atoms. The second-order valence-electron chi connectivity index (χ2n) is 4.86. The van der Waals surface area contributed by atoms with Crippen molar-refractivity contribution in [2.24, 2.45) is 0 Å². The van der Waals surface area contributed by atoms with Crippen LogP contribution in [0.1, 0.15) is 6.92 Å². The van der Waals surface area contributed by atoms with Crippen molar-refractivity contribution in [3.63, 3.8) is 0 Å². The number of hydrogen-bond donors (Lipinski definition) is 1. The normalized spacial score (nSPS) is 19.1. The Balaban J connectivity index is 1.94. The summed E-state index contributed by atoms with van der Waals surface area (Å²) in [7, 11) is 3.85. The maximum atomic E-state index is 12.1. The Morgan fingerprint density at radius 2 is 2.32 bits per heavy atom. The number of morpholine rings is 1. The Morgan fingerprint density at radius 3 is 2.89 bits per heavy atom. The number of hydrogen-bond acceptors (Lipinski definition) is 4. The van der Waals surface area contributed by atoms with Gasteiger partial charge in [-0.05, 0) is 19.1 Å². The molecule has 6 heteroatoms. The molecule has 0 aliphatic carbocycles. The molecule has 2 heterocycles. The van der Waals surface area contributed by atoms with Crippen molar-refractivity contribution in [1.82, 2.24) is 9.88 Å². The van der Waals surface area contributed by atoms with Crippen LogP contribution in [0.4, 0.5) is 16.3 Å². The predicted molar refractivity (Wildman–Crippen MR) is 74.6 cm³/mol. The zero-order valence-corrected chi connectivity index (χ0v) is 11.6. The van der Waals surface area contributed by atoms with E-state index in [-0.39, 0.29) is 12.1 Å². The summed E-state index contributed by atoms with van der Waals surface area (Å²) in [6.45, 7) is 3.80. The average Bonchev–Trinajstić information content (AvgIpc) is 2.39. The van der Waals surface area contributed by atoms with Crippen LogP contribution in [0.2, 0.25) is 0 Å². The van der Waals surface area contributed by atoms with E-state index in [0.29, 0.717) is 25.4 Å². The molecule has 1 aromatic heterocycles. The number of urea groups is 1. The summed E-state index contributed by atoms with van der Waals surface area (Å²) in [5, 5.41) is 2.85. The maximum Gasteiger partial charge on any atom is 0.322 e. The van der Waals surface area contributed by atoms with E-state index >= 15 is 0 Å². The molecule has 0 unspecified atom stereocenters. The topological polar surface area (TPSA) is 57.7 Å². The first-order valence-electron chi connectivity index (χ1n) is 6.37. The molecule has 0 aromatic carbocycles. The quantitative estimate of drug-likeness (QED) is 0.877. The summed E-state index contributed by atoms with van der Waals surface area (Å²) < 4.78 is 5.41. The second kappa shape index (κ2) is 5.88. The Labute approximate surface area is 113 Å². The van der Waals surface area contributed by atoms with E-state index in [1.807, 2.05) is 38.1 Å². The molecule has 1 fully saturated rings. The van der Waals surface area contributed by atoms with Gasteiger partial charge in [-0.25, -0.2) is 9.78 Å². The van der Waals surface area contributed by atoms with Gasteiger partial charge in [0, 0.05) is 27.2 Å². The van der Waals surface area contributed by atoms with Crippen LogP contribution < -0.4 is 10.2 Å². The average molecular weight is 264 g/mol. The van der Waals surface area contributed by atoms with Crippen molar-refractivity contribution in [2.45, 2.75) is 13.0 Å². The fraction of sp³-hybridized carbons (Fsp3) is 0.538. The Morgan fingerprint density at radius 1 is 1.53 bits per heavy atom. The van der Waals surface area contributed by atoms with Crippen molar-refractivity contribution >= 4 is 17.5 Å². The summed E-state index contributed by atoms with van der Waals surface area (Å²) >= 11 is 0. The molecule has 2 rings (SSSR count). The molecule has 1 aliphatic heterocycles. The third-order valence-corrected chi connectivity index (χ3v) is 2.99. The number of rotatable bonds is 2. The van der Waals surface area contributed by atoms with Crippen LogP contribution in [0.15, 0.2) is 18.3 Å². The van der Waals surface area contributed by atoms with Gasteiger partial charge in [0.25, 0.3) is 0 Å². The van der Waals surface area contributed by atoms with Crippen molar-refractivity contribution in [1.29, 1.82) is 0 Å². The summed E-state index contributed by atoms with van der Waals surface area (Å²) in [5.74, 6) is 0.859. The van der Waals surface area contributed by atoms with E-state index in [2.05, 4.69) is 10.3 Å². The first kappa shape index (κ1) is 13.6. The molecular formula is C13H20N4O2. The Bertz CT molecular complexity index is 433. The fourth-order valence-corrected chi connectivity index (χ4v) is 1.93. The minimum atomic E-state index is -0.102. The molecular weight excluding hydrogens is 244 g/mol. The van der Waals surface area contributed by atoms with Crippen LogP contribution in [0, 0.1) is 0 Å². The van der Waals surface area contributed by atoms with Gasteiger partial charge in [-0.2, -0.15) is 0 Å². The lowest BCUT2D eigenvalue weighted by atomic mass is 10.3. The molecule has 1 aliphatic rings. The van der Waals surface area contributed by atoms with Gasteiger partial charge in [-0.1, -0.05) is 0 Å². The van der Waals surface area contributed by atoms with Gasteiger partial charge in [0.1, 0.15) is 5.82 Å². The highest BCUT2D eigenvalue weighted by Gasteiger charge is 2.21. The molecule has 1 N–H and O–H groups in total. The lowest BCUT2D eigenvalue weighted by molar-refractivity contribution is -0.00138. The zero-order chi connectivity index (χ0) is 13.8. The number of carbonyl (C=O) groups excluding carboxylic acids is 1. The smallest absolute Gasteiger partial charge is 0.322 e. The van der Waals surface area contributed by atoms with Gasteiger partial charge in [-0.15, -0.1) is 0 Å². The van der Waals surface area contributed by atoms with Gasteiger partial charge in [0.05, 0.1) is 24.6 Å². The van der Waals surface area contributed by atoms with E-state index in [0.717, 1.165) is 5.82 Å². The van der Waals surface area contributed by atoms with E-state index < -0.39 is 0 Å². The molecule has 1 saturated heterocycles. The number of aromatic nitrogens is 1. The Kier molecular flexibility index (Phi) is 4.21. The number of pyridine rings is 1. The number of ether oxygens (including phenoxy) is 1. The summed E-state index contributed by atoms with van der Waals surface area (Å²) in [6.07, 6.45) is 1.76. The number of nitrogens with one attached hydrogen (secondary N) is 1. The molecule has 0 radical (unpaired) electrons. The maximum absolute atomic E-state index is 12.1. The summed E-state index contributed by atoms with van der Waals surface area (Å²) in [4.78, 5) is 20.0. The van der Waals surface area contributed by atoms with E-state index in [1.165, 1.54) is 0 Å². The third kappa shape index (κ3) is 3.57. The van der Waals surface area contributed by atoms with Crippen LogP contribution >= 0.6 is 0 Å². The zero-order valence-electron chi connectivity index (χ0n) is 11.6. The molecule has 0 bridgehead atoms. The molecule has 2 amide bonds. The minimum absolute atomic E-state index is 0.0914. The van der Waals surface area contributed by atoms with Crippen molar-refractivity contribution in [2.75, 3.05) is 44.0 Å². The molecule has 1 aromatic rings. The number of amides is 2. The minimum Gasteiger partial charge on any atom is -0.375 e. The molecule has 6 nitrogen and oxygen atoms in total. The first-order chi connectivity index (χ1) is 9.06. The van der Waals surface area contributed by atoms with Gasteiger partial charge in [0.15, 0.2) is 0 Å². The SMILES string of the molecule is C[C@H]1CN(C(=O)Nc2ccc(N(C)C)nc2)CCO1. The van der Waals surface area contributed by atoms with E-state index in [9.17, 15) is 4.79 Å². The van der Waals surface area contributed by atoms with Gasteiger partial charge in [-0.3, -0.25) is 0 Å². The standard InChI is InChI=1S/C13H20N4O2/c1-10-9-17(6-7-19-10)13(18)15-11-4-5-12(14-8-11)16(2)3/h4-5,8,10H,6-7,9H2,1-3H3,(H,15,18)/t10-/m0/s1. The highest BCUT2D eigenvalue weighted by Crippen LogP contribution is 2.13. The predicted octanol–water partition coefficient (Wildman–Crippen LogP) is 1.40. The van der Waals surface area contributed by atoms with Crippen molar-refractivity contribution in [3.05, 3.63) is 18.3 Å². The van der Waals surface area contributed by atoms with Crippen molar-refractivity contribution in [3.8, 4) is 0 Å². The Hall–Kier alpha value is -1.82. The molecule has 1 atom stereocenters.